The van der Waals surface area contributed by atoms with Gasteiger partial charge in [0.15, 0.2) is 11.5 Å². The van der Waals surface area contributed by atoms with Crippen LogP contribution >= 0.6 is 0 Å². The summed E-state index contributed by atoms with van der Waals surface area (Å²) in [4.78, 5) is 12.6. The van der Waals surface area contributed by atoms with Crippen LogP contribution in [0.2, 0.25) is 0 Å². The van der Waals surface area contributed by atoms with Gasteiger partial charge < -0.3 is 10.3 Å². The highest BCUT2D eigenvalue weighted by molar-refractivity contribution is 5.92. The zero-order chi connectivity index (χ0) is 25.3. The first-order chi connectivity index (χ1) is 16.4. The molecule has 6 nitrogen and oxygen atoms in total. The third-order valence-corrected chi connectivity index (χ3v) is 5.14. The molecule has 0 radical (unpaired) electrons. The number of fused-ring (bicyclic) bond motifs is 1. The highest BCUT2D eigenvalue weighted by atomic mass is 15.2. The number of aromatic nitrogens is 5. The smallest absolute Gasteiger partial charge is 0.181 e. The zero-order valence-electron chi connectivity index (χ0n) is 21.2. The van der Waals surface area contributed by atoms with Gasteiger partial charge in [-0.1, -0.05) is 65.7 Å². The van der Waals surface area contributed by atoms with Crippen LogP contribution in [0.4, 0.5) is 0 Å². The number of H-pyrrole nitrogens is 2. The quantitative estimate of drug-likeness (QED) is 0.300. The lowest BCUT2D eigenvalue weighted by Gasteiger charge is -2.14. The van der Waals surface area contributed by atoms with Gasteiger partial charge in [0, 0.05) is 28.8 Å². The molecule has 0 saturated heterocycles. The minimum Gasteiger partial charge on any atom is -0.359 e. The van der Waals surface area contributed by atoms with Crippen LogP contribution in [0.5, 0.6) is 0 Å². The molecule has 0 aromatic carbocycles. The Morgan fingerprint density at radius 3 is 2.56 bits per heavy atom. The van der Waals surface area contributed by atoms with Crippen molar-refractivity contribution in [1.82, 2.24) is 30.5 Å². The van der Waals surface area contributed by atoms with E-state index in [1.165, 1.54) is 0 Å². The summed E-state index contributed by atoms with van der Waals surface area (Å²) in [5, 5.41) is 11.7. The number of nitrogens with zero attached hydrogens (tertiary/aromatic N) is 3. The summed E-state index contributed by atoms with van der Waals surface area (Å²) in [6.07, 6.45) is 13.2. The lowest BCUT2D eigenvalue weighted by molar-refractivity contribution is 0.710. The Balaban J connectivity index is 0.00000199. The first-order valence-corrected chi connectivity index (χ1v) is 11.5. The second kappa shape index (κ2) is 12.3. The van der Waals surface area contributed by atoms with Crippen LogP contribution in [0.25, 0.3) is 34.2 Å². The Bertz CT molecular complexity index is 1250. The van der Waals surface area contributed by atoms with E-state index in [1.54, 1.807) is 12.2 Å². The normalized spacial score (nSPS) is 12.1. The number of aromatic amines is 2. The third kappa shape index (κ3) is 6.10. The molecular weight excluding hydrogens is 420 g/mol. The van der Waals surface area contributed by atoms with Gasteiger partial charge in [-0.05, 0) is 49.6 Å². The molecule has 0 unspecified atom stereocenters. The van der Waals surface area contributed by atoms with E-state index in [4.69, 9.17) is 4.98 Å². The first-order valence-electron chi connectivity index (χ1n) is 11.5. The molecule has 3 rings (SSSR count). The van der Waals surface area contributed by atoms with Crippen LogP contribution < -0.4 is 5.32 Å². The van der Waals surface area contributed by atoms with Gasteiger partial charge in [-0.25, -0.2) is 9.97 Å². The molecule has 6 heteroatoms. The molecule has 3 N–H and O–H groups in total. The fourth-order valence-electron chi connectivity index (χ4n) is 3.13. The summed E-state index contributed by atoms with van der Waals surface area (Å²) in [5.41, 5.74) is 7.05. The molecule has 0 amide bonds. The Kier molecular flexibility index (Phi) is 9.56. The maximum Gasteiger partial charge on any atom is 0.181 e. The second-order valence-corrected chi connectivity index (χ2v) is 7.74. The maximum atomic E-state index is 4.70. The third-order valence-electron chi connectivity index (χ3n) is 5.14. The van der Waals surface area contributed by atoms with E-state index < -0.39 is 0 Å². The van der Waals surface area contributed by atoms with Gasteiger partial charge in [0.05, 0.1) is 11.1 Å². The largest absolute Gasteiger partial charge is 0.359 e. The molecule has 0 fully saturated rings. The van der Waals surface area contributed by atoms with Crippen molar-refractivity contribution >= 4 is 22.7 Å². The SMILES string of the molecule is C=C/C=C\c1nc(-c2[nH]nc3ncc(C(/C=C(\C=C)NC(=C)C(C)C)=C/C)cc23)[nH]c1C.CC. The van der Waals surface area contributed by atoms with Gasteiger partial charge in [0.25, 0.3) is 0 Å². The summed E-state index contributed by atoms with van der Waals surface area (Å²) in [5.74, 6) is 1.04. The van der Waals surface area contributed by atoms with E-state index in [0.29, 0.717) is 17.4 Å². The molecule has 34 heavy (non-hydrogen) atoms. The lowest BCUT2D eigenvalue weighted by Crippen LogP contribution is -2.14. The van der Waals surface area contributed by atoms with Crippen molar-refractivity contribution in [3.63, 3.8) is 0 Å². The monoisotopic (exact) mass is 456 g/mol. The molecule has 0 aliphatic rings. The van der Waals surface area contributed by atoms with E-state index in [9.17, 15) is 0 Å². The van der Waals surface area contributed by atoms with Gasteiger partial charge in [0.1, 0.15) is 5.69 Å². The molecule has 0 atom stereocenters. The van der Waals surface area contributed by atoms with Crippen molar-refractivity contribution in [1.29, 1.82) is 0 Å². The first kappa shape index (κ1) is 26.3. The van der Waals surface area contributed by atoms with Crippen molar-refractivity contribution < 1.29 is 0 Å². The number of imidazole rings is 1. The standard InChI is InChI=1S/C26H30N6.C2H6/c1-8-11-12-23-18(7)29-26(30-23)24-22-14-20(15-27-25(22)32-31-24)19(9-2)13-21(10-3)28-17(6)16(4)5;1-2/h8-16,28H,1,3,6H2,2,4-5,7H3,(H,29,30)(H,27,31,32);1-2H3/b12-11-,19-9+,21-13+;. The topological polar surface area (TPSA) is 82.3 Å². The number of nitrogens with one attached hydrogen (secondary N) is 3. The summed E-state index contributed by atoms with van der Waals surface area (Å²) < 4.78 is 0. The minimum atomic E-state index is 0.321. The van der Waals surface area contributed by atoms with Gasteiger partial charge >= 0.3 is 0 Å². The molecule has 3 heterocycles. The maximum absolute atomic E-state index is 4.70. The molecule has 3 aromatic rings. The molecule has 0 saturated carbocycles. The van der Waals surface area contributed by atoms with Gasteiger partial charge in [-0.2, -0.15) is 5.10 Å². The van der Waals surface area contributed by atoms with Crippen molar-refractivity contribution in [2.24, 2.45) is 5.92 Å². The summed E-state index contributed by atoms with van der Waals surface area (Å²) in [6, 6.07) is 2.07. The van der Waals surface area contributed by atoms with E-state index in [-0.39, 0.29) is 0 Å². The van der Waals surface area contributed by atoms with Crippen molar-refractivity contribution in [2.45, 2.75) is 41.5 Å². The van der Waals surface area contributed by atoms with E-state index in [2.05, 4.69) is 65.1 Å². The lowest BCUT2D eigenvalue weighted by atomic mass is 10.0. The fourth-order valence-corrected chi connectivity index (χ4v) is 3.13. The molecular formula is C28H36N6. The van der Waals surface area contributed by atoms with E-state index in [1.807, 2.05) is 58.2 Å². The van der Waals surface area contributed by atoms with Crippen LogP contribution in [0, 0.1) is 12.8 Å². The van der Waals surface area contributed by atoms with Crippen LogP contribution in [-0.4, -0.2) is 25.1 Å². The predicted octanol–water partition coefficient (Wildman–Crippen LogP) is 7.11. The summed E-state index contributed by atoms with van der Waals surface area (Å²) in [6.45, 7) is 23.9. The Hall–Kier alpha value is -3.93. The highest BCUT2D eigenvalue weighted by Crippen LogP contribution is 2.28. The van der Waals surface area contributed by atoms with Crippen molar-refractivity contribution in [3.8, 4) is 11.5 Å². The average molecular weight is 457 g/mol. The highest BCUT2D eigenvalue weighted by Gasteiger charge is 2.15. The number of allylic oxidation sites excluding steroid dienone is 7. The van der Waals surface area contributed by atoms with Gasteiger partial charge in [0.2, 0.25) is 0 Å². The minimum absolute atomic E-state index is 0.321. The van der Waals surface area contributed by atoms with Crippen LogP contribution in [0.3, 0.4) is 0 Å². The summed E-state index contributed by atoms with van der Waals surface area (Å²) >= 11 is 0. The molecule has 0 aliphatic heterocycles. The number of aryl methyl sites for hydroxylation is 1. The van der Waals surface area contributed by atoms with E-state index >= 15 is 0 Å². The number of hydrogen-bond acceptors (Lipinski definition) is 4. The predicted molar refractivity (Wildman–Crippen MR) is 146 cm³/mol. The van der Waals surface area contributed by atoms with E-state index in [0.717, 1.165) is 45.0 Å². The summed E-state index contributed by atoms with van der Waals surface area (Å²) in [7, 11) is 0. The van der Waals surface area contributed by atoms with Gasteiger partial charge in [-0.3, -0.25) is 5.10 Å². The zero-order valence-corrected chi connectivity index (χ0v) is 21.2. The molecule has 3 aromatic heterocycles. The van der Waals surface area contributed by atoms with Crippen molar-refractivity contribution in [3.05, 3.63) is 90.7 Å². The average Bonchev–Trinajstić information content (AvgIpc) is 3.43. The Morgan fingerprint density at radius 2 is 1.94 bits per heavy atom. The number of rotatable bonds is 9. The molecule has 178 valence electrons. The number of hydrogen-bond donors (Lipinski definition) is 3. The molecule has 0 bridgehead atoms. The van der Waals surface area contributed by atoms with Crippen molar-refractivity contribution in [2.75, 3.05) is 0 Å². The Morgan fingerprint density at radius 1 is 1.21 bits per heavy atom. The van der Waals surface area contributed by atoms with Crippen LogP contribution in [0.1, 0.15) is 51.6 Å². The second-order valence-electron chi connectivity index (χ2n) is 7.74. The Labute approximate surface area is 203 Å². The van der Waals surface area contributed by atoms with Crippen LogP contribution in [0.15, 0.2) is 73.8 Å². The van der Waals surface area contributed by atoms with Crippen LogP contribution in [-0.2, 0) is 0 Å². The molecule has 0 spiro atoms. The molecule has 0 aliphatic carbocycles. The fraction of sp³-hybridized carbons (Fsp3) is 0.250. The van der Waals surface area contributed by atoms with Gasteiger partial charge in [-0.15, -0.1) is 0 Å². The number of pyridine rings is 1.